The first-order valence-corrected chi connectivity index (χ1v) is 13.6. The summed E-state index contributed by atoms with van der Waals surface area (Å²) in [5.41, 5.74) is 6.08. The number of ether oxygens (including phenoxy) is 1. The van der Waals surface area contributed by atoms with Crippen LogP contribution in [-0.4, -0.2) is 31.0 Å². The summed E-state index contributed by atoms with van der Waals surface area (Å²) < 4.78 is 35.5. The first kappa shape index (κ1) is 25.7. The Morgan fingerprint density at radius 1 is 0.944 bits per heavy atom. The highest BCUT2D eigenvalue weighted by atomic mass is 32.2. The third-order valence-electron chi connectivity index (χ3n) is 5.77. The number of anilines is 5. The molecule has 0 bridgehead atoms. The fourth-order valence-electron chi connectivity index (χ4n) is 3.81. The number of nitrogens with zero attached hydrogens (tertiary/aromatic N) is 2. The molecule has 0 atom stereocenters. The summed E-state index contributed by atoms with van der Waals surface area (Å²) in [6.07, 6.45) is 4.49. The number of hydrogen-bond donors (Lipinski definition) is 4. The fraction of sp³-hybridized carbons (Fsp3) is 0.385. The van der Waals surface area contributed by atoms with Gasteiger partial charge in [0.05, 0.1) is 12.3 Å². The van der Waals surface area contributed by atoms with Crippen LogP contribution in [0.2, 0.25) is 0 Å². The lowest BCUT2D eigenvalue weighted by molar-refractivity contribution is 0.313. The maximum Gasteiger partial charge on any atom is 0.299 e. The normalized spacial score (nSPS) is 13.4. The van der Waals surface area contributed by atoms with Gasteiger partial charge in [0, 0.05) is 29.2 Å². The number of aromatic nitrogens is 2. The van der Waals surface area contributed by atoms with Gasteiger partial charge in [0.2, 0.25) is 5.95 Å². The third kappa shape index (κ3) is 6.64. The van der Waals surface area contributed by atoms with Crippen LogP contribution in [-0.2, 0) is 10.2 Å². The minimum atomic E-state index is -3.57. The van der Waals surface area contributed by atoms with Crippen LogP contribution >= 0.6 is 0 Å². The first-order chi connectivity index (χ1) is 17.1. The van der Waals surface area contributed by atoms with Crippen LogP contribution in [0.15, 0.2) is 36.5 Å². The summed E-state index contributed by atoms with van der Waals surface area (Å²) >= 11 is 0. The van der Waals surface area contributed by atoms with Crippen molar-refractivity contribution in [3.05, 3.63) is 58.8 Å². The number of benzene rings is 2. The van der Waals surface area contributed by atoms with Crippen molar-refractivity contribution >= 4 is 39.0 Å². The smallest absolute Gasteiger partial charge is 0.299 e. The van der Waals surface area contributed by atoms with Crippen LogP contribution in [0.25, 0.3) is 0 Å². The van der Waals surface area contributed by atoms with E-state index in [-0.39, 0.29) is 6.04 Å². The van der Waals surface area contributed by atoms with E-state index in [1.165, 1.54) is 0 Å². The standard InChI is InChI=1S/C26H34N6O3S/c1-6-11-35-24-17(3)13-22(14-18(24)4)28-26-27-15-19(5)25(30-26)29-23-10-9-21(12-16(23)2)32-36(33,34)31-20-7-8-20/h9-10,12-15,20,31-32H,6-8,11H2,1-5H3,(H2,27,28,29,30). The van der Waals surface area contributed by atoms with E-state index in [1.54, 1.807) is 18.3 Å². The van der Waals surface area contributed by atoms with Crippen molar-refractivity contribution in [3.8, 4) is 5.75 Å². The molecule has 4 N–H and O–H groups in total. The van der Waals surface area contributed by atoms with Gasteiger partial charge in [-0.3, -0.25) is 4.72 Å². The molecule has 1 saturated carbocycles. The van der Waals surface area contributed by atoms with E-state index >= 15 is 0 Å². The maximum absolute atomic E-state index is 12.2. The van der Waals surface area contributed by atoms with Gasteiger partial charge in [0.15, 0.2) is 0 Å². The molecule has 1 aromatic heterocycles. The number of nitrogens with one attached hydrogen (secondary N) is 4. The summed E-state index contributed by atoms with van der Waals surface area (Å²) in [7, 11) is -3.57. The maximum atomic E-state index is 12.2. The summed E-state index contributed by atoms with van der Waals surface area (Å²) in [5, 5.41) is 6.64. The molecule has 0 amide bonds. The number of rotatable bonds is 11. The molecule has 9 nitrogen and oxygen atoms in total. The molecular formula is C26H34N6O3S. The lowest BCUT2D eigenvalue weighted by Crippen LogP contribution is -2.31. The van der Waals surface area contributed by atoms with E-state index in [9.17, 15) is 8.42 Å². The average molecular weight is 511 g/mol. The molecule has 0 saturated heterocycles. The molecule has 2 aromatic carbocycles. The Balaban J connectivity index is 1.48. The summed E-state index contributed by atoms with van der Waals surface area (Å²) in [4.78, 5) is 9.11. The zero-order chi connectivity index (χ0) is 25.9. The second-order valence-corrected chi connectivity index (χ2v) is 10.7. The lowest BCUT2D eigenvalue weighted by Gasteiger charge is -2.16. The van der Waals surface area contributed by atoms with Crippen molar-refractivity contribution in [1.29, 1.82) is 0 Å². The Hall–Kier alpha value is -3.37. The Labute approximate surface area is 213 Å². The quantitative estimate of drug-likeness (QED) is 0.273. The van der Waals surface area contributed by atoms with Gasteiger partial charge >= 0.3 is 0 Å². The molecule has 4 rings (SSSR count). The molecular weight excluding hydrogens is 476 g/mol. The van der Waals surface area contributed by atoms with Crippen molar-refractivity contribution in [1.82, 2.24) is 14.7 Å². The summed E-state index contributed by atoms with van der Waals surface area (Å²) in [5.74, 6) is 2.05. The Morgan fingerprint density at radius 3 is 2.28 bits per heavy atom. The van der Waals surface area contributed by atoms with Crippen LogP contribution in [0.5, 0.6) is 5.75 Å². The van der Waals surface area contributed by atoms with Crippen molar-refractivity contribution in [2.45, 2.75) is 59.9 Å². The van der Waals surface area contributed by atoms with Crippen molar-refractivity contribution in [2.24, 2.45) is 0 Å². The Kier molecular flexibility index (Phi) is 7.65. The average Bonchev–Trinajstić information content (AvgIpc) is 3.60. The number of aryl methyl sites for hydroxylation is 4. The van der Waals surface area contributed by atoms with E-state index in [1.807, 2.05) is 45.9 Å². The minimum Gasteiger partial charge on any atom is -0.493 e. The highest BCUT2D eigenvalue weighted by Crippen LogP contribution is 2.30. The molecule has 1 fully saturated rings. The van der Waals surface area contributed by atoms with Crippen LogP contribution in [0.3, 0.4) is 0 Å². The molecule has 0 radical (unpaired) electrons. The zero-order valence-corrected chi connectivity index (χ0v) is 22.2. The molecule has 0 unspecified atom stereocenters. The summed E-state index contributed by atoms with van der Waals surface area (Å²) in [6.45, 7) is 10.7. The van der Waals surface area contributed by atoms with Crippen LogP contribution in [0.4, 0.5) is 28.8 Å². The predicted molar refractivity (Wildman–Crippen MR) is 145 cm³/mol. The predicted octanol–water partition coefficient (Wildman–Crippen LogP) is 5.39. The van der Waals surface area contributed by atoms with Gasteiger partial charge in [-0.2, -0.15) is 18.1 Å². The van der Waals surface area contributed by atoms with Gasteiger partial charge in [-0.1, -0.05) is 6.92 Å². The van der Waals surface area contributed by atoms with Gasteiger partial charge in [-0.05, 0) is 94.0 Å². The second-order valence-electron chi connectivity index (χ2n) is 9.29. The van der Waals surface area contributed by atoms with E-state index in [0.717, 1.165) is 58.6 Å². The van der Waals surface area contributed by atoms with Crippen LogP contribution < -0.4 is 24.8 Å². The molecule has 0 aliphatic heterocycles. The highest BCUT2D eigenvalue weighted by Gasteiger charge is 2.26. The van der Waals surface area contributed by atoms with Crippen LogP contribution in [0.1, 0.15) is 48.4 Å². The first-order valence-electron chi connectivity index (χ1n) is 12.2. The molecule has 192 valence electrons. The molecule has 3 aromatic rings. The monoisotopic (exact) mass is 510 g/mol. The molecule has 0 spiro atoms. The Bertz CT molecular complexity index is 1330. The third-order valence-corrected chi connectivity index (χ3v) is 6.92. The van der Waals surface area contributed by atoms with E-state index in [2.05, 4.69) is 37.0 Å². The topological polar surface area (TPSA) is 117 Å². The highest BCUT2D eigenvalue weighted by molar-refractivity contribution is 7.90. The van der Waals surface area contributed by atoms with Gasteiger partial charge < -0.3 is 15.4 Å². The second kappa shape index (κ2) is 10.7. The molecule has 36 heavy (non-hydrogen) atoms. The lowest BCUT2D eigenvalue weighted by atomic mass is 10.1. The van der Waals surface area contributed by atoms with Gasteiger partial charge in [-0.15, -0.1) is 0 Å². The van der Waals surface area contributed by atoms with Crippen molar-refractivity contribution < 1.29 is 13.2 Å². The van der Waals surface area contributed by atoms with Crippen LogP contribution in [0, 0.1) is 27.7 Å². The minimum absolute atomic E-state index is 0.0493. The van der Waals surface area contributed by atoms with Gasteiger partial charge in [0.1, 0.15) is 11.6 Å². The number of hydrogen-bond acceptors (Lipinski definition) is 7. The molecule has 1 aliphatic carbocycles. The Morgan fingerprint density at radius 2 is 1.64 bits per heavy atom. The fourth-order valence-corrected chi connectivity index (χ4v) is 4.98. The molecule has 1 heterocycles. The SMILES string of the molecule is CCCOc1c(C)cc(Nc2ncc(C)c(Nc3ccc(NS(=O)(=O)NC4CC4)cc3C)n2)cc1C. The van der Waals surface area contributed by atoms with Crippen molar-refractivity contribution in [2.75, 3.05) is 22.0 Å². The van der Waals surface area contributed by atoms with E-state index < -0.39 is 10.2 Å². The largest absolute Gasteiger partial charge is 0.493 e. The van der Waals surface area contributed by atoms with E-state index in [4.69, 9.17) is 4.74 Å². The zero-order valence-electron chi connectivity index (χ0n) is 21.4. The molecule has 1 aliphatic rings. The van der Waals surface area contributed by atoms with Gasteiger partial charge in [-0.25, -0.2) is 4.98 Å². The van der Waals surface area contributed by atoms with Crippen molar-refractivity contribution in [3.63, 3.8) is 0 Å². The van der Waals surface area contributed by atoms with Gasteiger partial charge in [0.25, 0.3) is 10.2 Å². The summed E-state index contributed by atoms with van der Waals surface area (Å²) in [6, 6.07) is 9.45. The molecule has 10 heteroatoms. The van der Waals surface area contributed by atoms with E-state index in [0.29, 0.717) is 24.1 Å².